The van der Waals surface area contributed by atoms with E-state index >= 15 is 0 Å². The molecule has 9 heteroatoms. The van der Waals surface area contributed by atoms with Crippen molar-refractivity contribution in [3.8, 4) is 5.75 Å². The number of rotatable bonds is 9. The van der Waals surface area contributed by atoms with Crippen LogP contribution in [0.25, 0.3) is 0 Å². The topological polar surface area (TPSA) is 84.5 Å². The van der Waals surface area contributed by atoms with Crippen molar-refractivity contribution in [1.82, 2.24) is 0 Å². The lowest BCUT2D eigenvalue weighted by Crippen LogP contribution is -2.20. The molecule has 6 nitrogen and oxygen atoms in total. The van der Waals surface area contributed by atoms with Crippen molar-refractivity contribution in [2.45, 2.75) is 14.7 Å². The lowest BCUT2D eigenvalue weighted by atomic mass is 10.3. The van der Waals surface area contributed by atoms with E-state index in [-0.39, 0.29) is 23.1 Å². The summed E-state index contributed by atoms with van der Waals surface area (Å²) in [7, 11) is -3.86. The normalized spacial score (nSPS) is 11.0. The van der Waals surface area contributed by atoms with Gasteiger partial charge >= 0.3 is 0 Å². The molecule has 0 heterocycles. The molecule has 4 aromatic carbocycles. The number of benzene rings is 4. The van der Waals surface area contributed by atoms with E-state index in [0.29, 0.717) is 11.4 Å². The van der Waals surface area contributed by atoms with Gasteiger partial charge in [0.1, 0.15) is 11.6 Å². The molecule has 0 aliphatic rings. The summed E-state index contributed by atoms with van der Waals surface area (Å²) < 4.78 is 46.0. The predicted octanol–water partition coefficient (Wildman–Crippen LogP) is 5.80. The van der Waals surface area contributed by atoms with Gasteiger partial charge in [-0.05, 0) is 72.8 Å². The van der Waals surface area contributed by atoms with Gasteiger partial charge in [0.05, 0.1) is 10.6 Å². The molecule has 0 bridgehead atoms. The van der Waals surface area contributed by atoms with Gasteiger partial charge in [0.2, 0.25) is 0 Å². The van der Waals surface area contributed by atoms with E-state index in [0.717, 1.165) is 9.79 Å². The fourth-order valence-corrected chi connectivity index (χ4v) is 5.04. The number of ether oxygens (including phenoxy) is 1. The fraction of sp³-hybridized carbons (Fsp3) is 0.0385. The third kappa shape index (κ3) is 6.84. The Morgan fingerprint density at radius 2 is 1.49 bits per heavy atom. The lowest BCUT2D eigenvalue weighted by molar-refractivity contribution is -0.118. The first-order valence-electron chi connectivity index (χ1n) is 10.5. The number of anilines is 2. The van der Waals surface area contributed by atoms with Crippen molar-refractivity contribution < 1.29 is 22.3 Å². The van der Waals surface area contributed by atoms with Crippen molar-refractivity contribution in [3.63, 3.8) is 0 Å². The van der Waals surface area contributed by atoms with E-state index in [1.165, 1.54) is 60.3 Å². The van der Waals surface area contributed by atoms with Crippen LogP contribution in [0.1, 0.15) is 0 Å². The summed E-state index contributed by atoms with van der Waals surface area (Å²) in [4.78, 5) is 14.4. The number of carbonyl (C=O) groups excluding carboxylic acids is 1. The Balaban J connectivity index is 1.34. The zero-order chi connectivity index (χ0) is 24.7. The molecule has 35 heavy (non-hydrogen) atoms. The van der Waals surface area contributed by atoms with Crippen molar-refractivity contribution in [1.29, 1.82) is 0 Å². The maximum atomic E-state index is 13.0. The van der Waals surface area contributed by atoms with Crippen LogP contribution in [0, 0.1) is 5.82 Å². The van der Waals surface area contributed by atoms with Crippen LogP contribution < -0.4 is 14.8 Å². The van der Waals surface area contributed by atoms with Crippen molar-refractivity contribution in [3.05, 3.63) is 109 Å². The predicted molar refractivity (Wildman–Crippen MR) is 135 cm³/mol. The second-order valence-electron chi connectivity index (χ2n) is 7.33. The number of sulfonamides is 1. The molecule has 0 aromatic heterocycles. The van der Waals surface area contributed by atoms with Crippen LogP contribution in [-0.2, 0) is 14.8 Å². The van der Waals surface area contributed by atoms with Crippen LogP contribution >= 0.6 is 11.8 Å². The van der Waals surface area contributed by atoms with E-state index in [1.54, 1.807) is 0 Å². The van der Waals surface area contributed by atoms with E-state index in [4.69, 9.17) is 4.74 Å². The highest BCUT2D eigenvalue weighted by molar-refractivity contribution is 7.99. The smallest absolute Gasteiger partial charge is 0.262 e. The summed E-state index contributed by atoms with van der Waals surface area (Å²) in [6.07, 6.45) is 0. The van der Waals surface area contributed by atoms with Crippen LogP contribution in [0.5, 0.6) is 5.75 Å². The van der Waals surface area contributed by atoms with Crippen LogP contribution in [0.2, 0.25) is 0 Å². The summed E-state index contributed by atoms with van der Waals surface area (Å²) in [6, 6.07) is 28.0. The molecule has 178 valence electrons. The molecule has 0 aliphatic carbocycles. The average molecular weight is 509 g/mol. The first-order valence-corrected chi connectivity index (χ1v) is 12.8. The molecule has 1 amide bonds. The first kappa shape index (κ1) is 24.3. The lowest BCUT2D eigenvalue weighted by Gasteiger charge is -2.12. The third-order valence-electron chi connectivity index (χ3n) is 4.73. The highest BCUT2D eigenvalue weighted by Crippen LogP contribution is 2.33. The molecule has 0 fully saturated rings. The molecule has 0 aliphatic heterocycles. The van der Waals surface area contributed by atoms with Gasteiger partial charge in [-0.2, -0.15) is 0 Å². The first-order chi connectivity index (χ1) is 16.9. The minimum Gasteiger partial charge on any atom is -0.484 e. The van der Waals surface area contributed by atoms with E-state index < -0.39 is 15.8 Å². The molecule has 4 aromatic rings. The number of nitrogens with one attached hydrogen (secondary N) is 2. The monoisotopic (exact) mass is 508 g/mol. The van der Waals surface area contributed by atoms with Gasteiger partial charge in [-0.1, -0.05) is 42.1 Å². The van der Waals surface area contributed by atoms with Crippen molar-refractivity contribution in [2.24, 2.45) is 0 Å². The maximum absolute atomic E-state index is 13.0. The van der Waals surface area contributed by atoms with Crippen LogP contribution in [0.15, 0.2) is 118 Å². The highest BCUT2D eigenvalue weighted by atomic mass is 32.2. The molecular formula is C26H21FN2O4S2. The van der Waals surface area contributed by atoms with E-state index in [9.17, 15) is 17.6 Å². The van der Waals surface area contributed by atoms with Gasteiger partial charge in [0.15, 0.2) is 6.61 Å². The second-order valence-corrected chi connectivity index (χ2v) is 10.1. The summed E-state index contributed by atoms with van der Waals surface area (Å²) in [5.41, 5.74) is 0.914. The maximum Gasteiger partial charge on any atom is 0.262 e. The van der Waals surface area contributed by atoms with Gasteiger partial charge in [-0.15, -0.1) is 0 Å². The Bertz CT molecular complexity index is 1400. The minimum absolute atomic E-state index is 0.00508. The number of hydrogen-bond donors (Lipinski definition) is 2. The Morgan fingerprint density at radius 3 is 2.20 bits per heavy atom. The van der Waals surface area contributed by atoms with Crippen molar-refractivity contribution in [2.75, 3.05) is 16.6 Å². The summed E-state index contributed by atoms with van der Waals surface area (Å²) in [5, 5.41) is 2.85. The number of amides is 1. The fourth-order valence-electron chi connectivity index (χ4n) is 3.06. The quantitative estimate of drug-likeness (QED) is 0.299. The van der Waals surface area contributed by atoms with Crippen LogP contribution in [0.3, 0.4) is 0 Å². The highest BCUT2D eigenvalue weighted by Gasteiger charge is 2.15. The molecule has 2 N–H and O–H groups in total. The van der Waals surface area contributed by atoms with Crippen molar-refractivity contribution >= 4 is 39.1 Å². The SMILES string of the molecule is O=C(COc1ccc(S(=O)(=O)Nc2ccc(F)cc2)cc1)Nc1ccccc1Sc1ccccc1. The average Bonchev–Trinajstić information content (AvgIpc) is 2.86. The van der Waals surface area contributed by atoms with E-state index in [1.807, 2.05) is 54.6 Å². The molecule has 0 radical (unpaired) electrons. The van der Waals surface area contributed by atoms with Gasteiger partial charge < -0.3 is 10.1 Å². The summed E-state index contributed by atoms with van der Waals surface area (Å²) >= 11 is 1.54. The van der Waals surface area contributed by atoms with Gasteiger partial charge in [-0.3, -0.25) is 9.52 Å². The van der Waals surface area contributed by atoms with Gasteiger partial charge in [0, 0.05) is 15.5 Å². The zero-order valence-electron chi connectivity index (χ0n) is 18.3. The molecule has 4 rings (SSSR count). The summed E-state index contributed by atoms with van der Waals surface area (Å²) in [5.74, 6) is -0.467. The van der Waals surface area contributed by atoms with Crippen LogP contribution in [0.4, 0.5) is 15.8 Å². The molecule has 0 atom stereocenters. The zero-order valence-corrected chi connectivity index (χ0v) is 20.0. The Kier molecular flexibility index (Phi) is 7.69. The number of hydrogen-bond acceptors (Lipinski definition) is 5. The Labute approximate surface area is 207 Å². The third-order valence-corrected chi connectivity index (χ3v) is 7.21. The standard InChI is InChI=1S/C26H21FN2O4S2/c27-19-10-12-20(13-11-19)29-35(31,32)23-16-14-21(15-17-23)33-18-26(30)28-24-8-4-5-9-25(24)34-22-6-2-1-3-7-22/h1-17,29H,18H2,(H,28,30). The number of carbonyl (C=O) groups is 1. The molecular weight excluding hydrogens is 487 g/mol. The number of para-hydroxylation sites is 1. The summed E-state index contributed by atoms with van der Waals surface area (Å²) in [6.45, 7) is -0.246. The second kappa shape index (κ2) is 11.1. The molecule has 0 unspecified atom stereocenters. The van der Waals surface area contributed by atoms with Gasteiger partial charge in [-0.25, -0.2) is 12.8 Å². The van der Waals surface area contributed by atoms with Gasteiger partial charge in [0.25, 0.3) is 15.9 Å². The minimum atomic E-state index is -3.86. The Hall–Kier alpha value is -3.82. The van der Waals surface area contributed by atoms with Crippen LogP contribution in [-0.4, -0.2) is 20.9 Å². The molecule has 0 saturated heterocycles. The number of halogens is 1. The molecule has 0 spiro atoms. The Morgan fingerprint density at radius 1 is 0.829 bits per heavy atom. The van der Waals surface area contributed by atoms with E-state index in [2.05, 4.69) is 10.0 Å². The largest absolute Gasteiger partial charge is 0.484 e. The molecule has 0 saturated carbocycles.